The zero-order valence-electron chi connectivity index (χ0n) is 21.2. The molecular weight excluding hydrogens is 707 g/mol. The van der Waals surface area contributed by atoms with E-state index in [-0.39, 0.29) is 26.4 Å². The summed E-state index contributed by atoms with van der Waals surface area (Å²) in [6, 6.07) is 13.8. The molecule has 42 heavy (non-hydrogen) atoms. The Morgan fingerprint density at radius 2 is 1.74 bits per heavy atom. The van der Waals surface area contributed by atoms with Gasteiger partial charge in [-0.05, 0) is 48.7 Å². The Morgan fingerprint density at radius 1 is 1.12 bits per heavy atom. The minimum absolute atomic E-state index is 0.154. The van der Waals surface area contributed by atoms with Gasteiger partial charge in [0.1, 0.15) is 15.6 Å². The molecule has 11 nitrogen and oxygen atoms in total. The van der Waals surface area contributed by atoms with Gasteiger partial charge in [-0.3, -0.25) is 5.41 Å². The molecule has 19 heteroatoms. The van der Waals surface area contributed by atoms with Crippen molar-refractivity contribution < 1.29 is 40.1 Å². The second kappa shape index (κ2) is 12.9. The van der Waals surface area contributed by atoms with Crippen molar-refractivity contribution in [1.29, 1.82) is 5.41 Å². The Balaban J connectivity index is 0.000000616. The maximum Gasteiger partial charge on any atom is 0.490 e. The topological polar surface area (TPSA) is 190 Å². The summed E-state index contributed by atoms with van der Waals surface area (Å²) < 4.78 is 83.9. The summed E-state index contributed by atoms with van der Waals surface area (Å²) in [6.07, 6.45) is -3.32. The van der Waals surface area contributed by atoms with Gasteiger partial charge in [0.2, 0.25) is 11.8 Å². The van der Waals surface area contributed by atoms with E-state index in [0.717, 1.165) is 11.3 Å². The monoisotopic (exact) mass is 725 g/mol. The van der Waals surface area contributed by atoms with Crippen molar-refractivity contribution in [2.45, 2.75) is 32.0 Å². The van der Waals surface area contributed by atoms with Gasteiger partial charge in [0.15, 0.2) is 0 Å². The summed E-state index contributed by atoms with van der Waals surface area (Å²) in [7, 11) is -8.14. The van der Waals surface area contributed by atoms with Crippen LogP contribution in [0.15, 0.2) is 86.2 Å². The Bertz CT molecular complexity index is 1880. The predicted molar refractivity (Wildman–Crippen MR) is 154 cm³/mol. The number of sulfonamides is 1. The highest BCUT2D eigenvalue weighted by molar-refractivity contribution is 9.10. The third kappa shape index (κ3) is 7.77. The first kappa shape index (κ1) is 33.2. The maximum absolute atomic E-state index is 14.6. The number of aliphatic carboxylic acids is 1. The first-order valence-corrected chi connectivity index (χ1v) is 16.8. The van der Waals surface area contributed by atoms with E-state index in [2.05, 4.69) is 29.9 Å². The van der Waals surface area contributed by atoms with Gasteiger partial charge in [0.05, 0.1) is 23.8 Å². The Morgan fingerprint density at radius 3 is 2.26 bits per heavy atom. The van der Waals surface area contributed by atoms with Crippen molar-refractivity contribution in [1.82, 2.24) is 10.2 Å². The number of hydrogen-bond donors (Lipinski definition) is 3. The van der Waals surface area contributed by atoms with Crippen molar-refractivity contribution in [3.05, 3.63) is 69.8 Å². The van der Waals surface area contributed by atoms with Crippen molar-refractivity contribution >= 4 is 70.6 Å². The van der Waals surface area contributed by atoms with Crippen molar-refractivity contribution in [2.75, 3.05) is 6.26 Å². The van der Waals surface area contributed by atoms with Gasteiger partial charge < -0.3 is 15.3 Å². The van der Waals surface area contributed by atoms with Crippen molar-refractivity contribution in [3.63, 3.8) is 0 Å². The van der Waals surface area contributed by atoms with Gasteiger partial charge in [-0.1, -0.05) is 31.8 Å². The van der Waals surface area contributed by atoms with E-state index in [1.54, 1.807) is 43.5 Å². The zero-order chi connectivity index (χ0) is 31.5. The van der Waals surface area contributed by atoms with Crippen LogP contribution in [-0.4, -0.2) is 52.2 Å². The molecule has 0 spiro atoms. The molecule has 0 saturated carbocycles. The Kier molecular flexibility index (Phi) is 10.2. The standard InChI is InChI=1S/C21H18BrN5O4S4.C2HF3O2/c1-12-25-26-20(31-12)13-5-3-8-16(9-13)35(29,30)27-34(28,15-7-4-6-14(22)10-15)18-11-17(19(23)24)33-21(18)32-2;3-2(4,5)1(6)7/h3-11H,1-2H3,(H3,23,24);(H,6,7). The molecule has 0 fully saturated rings. The van der Waals surface area contributed by atoms with E-state index in [1.165, 1.54) is 36.0 Å². The number of aryl methyl sites for hydroxylation is 1. The van der Waals surface area contributed by atoms with Gasteiger partial charge >= 0.3 is 12.1 Å². The number of nitrogens with two attached hydrogens (primary N) is 1. The molecule has 2 aromatic heterocycles. The zero-order valence-corrected chi connectivity index (χ0v) is 26.1. The van der Waals surface area contributed by atoms with E-state index in [0.29, 0.717) is 25.0 Å². The third-order valence-corrected chi connectivity index (χ3v) is 12.2. The van der Waals surface area contributed by atoms with E-state index in [1.807, 2.05) is 0 Å². The maximum atomic E-state index is 14.6. The molecule has 2 heterocycles. The van der Waals surface area contributed by atoms with Crippen LogP contribution in [0.1, 0.15) is 10.8 Å². The number of nitrogen functional groups attached to an aromatic ring is 1. The molecule has 2 aromatic carbocycles. The lowest BCUT2D eigenvalue weighted by atomic mass is 10.2. The lowest BCUT2D eigenvalue weighted by Gasteiger charge is -2.12. The smallest absolute Gasteiger partial charge is 0.475 e. The normalized spacial score (nSPS) is 13.0. The number of halogens is 4. The Hall–Kier alpha value is -3.26. The van der Waals surface area contributed by atoms with Crippen LogP contribution in [0.5, 0.6) is 0 Å². The molecule has 0 aliphatic carbocycles. The number of rotatable bonds is 7. The highest BCUT2D eigenvalue weighted by atomic mass is 79.9. The fraction of sp³-hybridized carbons (Fsp3) is 0.130. The van der Waals surface area contributed by atoms with Crippen LogP contribution in [0, 0.1) is 12.3 Å². The number of carbonyl (C=O) groups is 1. The second-order valence-electron chi connectivity index (χ2n) is 7.87. The van der Waals surface area contributed by atoms with Crippen LogP contribution in [-0.2, 0) is 24.5 Å². The van der Waals surface area contributed by atoms with Gasteiger partial charge in [-0.2, -0.15) is 21.6 Å². The fourth-order valence-electron chi connectivity index (χ4n) is 3.06. The molecule has 1 unspecified atom stereocenters. The highest BCUT2D eigenvalue weighted by Crippen LogP contribution is 2.39. The van der Waals surface area contributed by atoms with Gasteiger partial charge in [-0.25, -0.2) is 9.00 Å². The van der Waals surface area contributed by atoms with Gasteiger partial charge in [0.25, 0.3) is 10.0 Å². The van der Waals surface area contributed by atoms with E-state index in [4.69, 9.17) is 25.5 Å². The molecule has 224 valence electrons. The van der Waals surface area contributed by atoms with Crippen LogP contribution in [0.3, 0.4) is 0 Å². The van der Waals surface area contributed by atoms with E-state index < -0.39 is 31.9 Å². The SMILES string of the molecule is CSc1sc(C(=N)N)cc1S(=O)(=NS(=O)(=O)c1cccc(-c2nnc(C)o2)c1)c1cccc(Br)c1.O=C(O)C(F)(F)F. The molecule has 4 rings (SSSR count). The number of aromatic nitrogens is 2. The first-order valence-electron chi connectivity index (χ1n) is 11.0. The quantitative estimate of drug-likeness (QED) is 0.120. The van der Waals surface area contributed by atoms with Crippen LogP contribution in [0.25, 0.3) is 11.5 Å². The number of amidine groups is 1. The van der Waals surface area contributed by atoms with Crippen LogP contribution >= 0.6 is 39.0 Å². The first-order chi connectivity index (χ1) is 19.5. The summed E-state index contributed by atoms with van der Waals surface area (Å²) in [4.78, 5) is 9.47. The number of carboxylic acids is 1. The van der Waals surface area contributed by atoms with E-state index in [9.17, 15) is 25.8 Å². The lowest BCUT2D eigenvalue weighted by Crippen LogP contribution is -2.21. The molecule has 0 amide bonds. The predicted octanol–water partition coefficient (Wildman–Crippen LogP) is 5.78. The van der Waals surface area contributed by atoms with Crippen LogP contribution in [0.4, 0.5) is 13.2 Å². The number of alkyl halides is 3. The summed E-state index contributed by atoms with van der Waals surface area (Å²) in [5.74, 6) is -2.48. The van der Waals surface area contributed by atoms with Crippen molar-refractivity contribution in [3.8, 4) is 11.5 Å². The Labute approximate surface area is 254 Å². The summed E-state index contributed by atoms with van der Waals surface area (Å²) in [6.45, 7) is 1.62. The molecule has 0 radical (unpaired) electrons. The van der Waals surface area contributed by atoms with Gasteiger partial charge in [-0.15, -0.1) is 33.3 Å². The lowest BCUT2D eigenvalue weighted by molar-refractivity contribution is -0.192. The van der Waals surface area contributed by atoms with Crippen LogP contribution in [0.2, 0.25) is 0 Å². The molecular formula is C23H19BrF3N5O6S4. The van der Waals surface area contributed by atoms with Crippen LogP contribution < -0.4 is 5.73 Å². The number of thiophene rings is 1. The van der Waals surface area contributed by atoms with Crippen molar-refractivity contribution in [2.24, 2.45) is 9.50 Å². The molecule has 0 aliphatic heterocycles. The summed E-state index contributed by atoms with van der Waals surface area (Å²) in [5.41, 5.74) is 6.05. The second-order valence-corrected chi connectivity index (χ2v) is 14.9. The average Bonchev–Trinajstić information content (AvgIpc) is 3.55. The van der Waals surface area contributed by atoms with Gasteiger partial charge in [0, 0.05) is 17.0 Å². The number of benzene rings is 2. The number of nitrogens with one attached hydrogen (secondary N) is 1. The third-order valence-electron chi connectivity index (χ3n) is 4.88. The molecule has 1 atom stereocenters. The number of nitrogens with zero attached hydrogens (tertiary/aromatic N) is 3. The number of thioether (sulfide) groups is 1. The molecule has 4 aromatic rings. The minimum atomic E-state index is -5.08. The summed E-state index contributed by atoms with van der Waals surface area (Å²) in [5, 5.41) is 22.6. The molecule has 0 bridgehead atoms. The summed E-state index contributed by atoms with van der Waals surface area (Å²) >= 11 is 5.79. The average molecular weight is 727 g/mol. The molecule has 0 aliphatic rings. The molecule has 4 N–H and O–H groups in total. The highest BCUT2D eigenvalue weighted by Gasteiger charge is 2.38. The number of carboxylic acid groups (broad SMARTS) is 1. The molecule has 0 saturated heterocycles. The fourth-order valence-corrected chi connectivity index (χ4v) is 10.2. The minimum Gasteiger partial charge on any atom is -0.475 e. The largest absolute Gasteiger partial charge is 0.490 e. The number of hydrogen-bond acceptors (Lipinski definition) is 10. The van der Waals surface area contributed by atoms with E-state index >= 15 is 0 Å².